The van der Waals surface area contributed by atoms with Gasteiger partial charge in [0.2, 0.25) is 0 Å². The molecule has 1 amide bonds. The van der Waals surface area contributed by atoms with Gasteiger partial charge in [0.05, 0.1) is 20.2 Å². The first-order valence-corrected chi connectivity index (χ1v) is 7.50. The minimum Gasteiger partial charge on any atom is -0.497 e. The molecule has 24 heavy (non-hydrogen) atoms. The summed E-state index contributed by atoms with van der Waals surface area (Å²) in [5.41, 5.74) is 2.71. The Kier molecular flexibility index (Phi) is 4.56. The van der Waals surface area contributed by atoms with Gasteiger partial charge in [0.25, 0.3) is 0 Å². The molecule has 1 aliphatic rings. The lowest BCUT2D eigenvalue weighted by molar-refractivity contribution is 0.172. The second-order valence-electron chi connectivity index (χ2n) is 5.20. The van der Waals surface area contributed by atoms with Crippen molar-refractivity contribution in [1.29, 1.82) is 0 Å². The van der Waals surface area contributed by atoms with Crippen molar-refractivity contribution < 1.29 is 14.6 Å². The van der Waals surface area contributed by atoms with Gasteiger partial charge in [0.15, 0.2) is 0 Å². The molecular weight excluding hydrogens is 306 g/mol. The standard InChI is InChI=1S/C18H17N3O3/c1-24-15-4-2-3-14(11-15)16(13-5-7-19-8-6-13)12-17-20-9-10-21(17)18(22)23/h2-8,11-12H,9-10H2,1H3,(H,22,23)/b16-12+. The predicted molar refractivity (Wildman–Crippen MR) is 91.3 cm³/mol. The minimum atomic E-state index is -0.998. The Hall–Kier alpha value is -3.15. The van der Waals surface area contributed by atoms with Gasteiger partial charge < -0.3 is 9.84 Å². The summed E-state index contributed by atoms with van der Waals surface area (Å²) in [5, 5.41) is 9.31. The Balaban J connectivity index is 2.09. The topological polar surface area (TPSA) is 75.0 Å². The van der Waals surface area contributed by atoms with Crippen molar-refractivity contribution in [3.8, 4) is 5.75 Å². The third kappa shape index (κ3) is 3.27. The minimum absolute atomic E-state index is 0.378. The quantitative estimate of drug-likeness (QED) is 0.939. The molecule has 0 fully saturated rings. The number of methoxy groups -OCH3 is 1. The van der Waals surface area contributed by atoms with Crippen molar-refractivity contribution >= 4 is 17.5 Å². The second kappa shape index (κ2) is 6.95. The maximum atomic E-state index is 11.4. The lowest BCUT2D eigenvalue weighted by atomic mass is 9.98. The van der Waals surface area contributed by atoms with Gasteiger partial charge in [-0.25, -0.2) is 4.79 Å². The summed E-state index contributed by atoms with van der Waals surface area (Å²) in [6.45, 7) is 0.850. The van der Waals surface area contributed by atoms with Crippen molar-refractivity contribution in [2.45, 2.75) is 0 Å². The van der Waals surface area contributed by atoms with E-state index < -0.39 is 6.09 Å². The van der Waals surface area contributed by atoms with Crippen LogP contribution in [0, 0.1) is 0 Å². The number of aliphatic imine (C=N–C) groups is 1. The largest absolute Gasteiger partial charge is 0.497 e. The number of aromatic nitrogens is 1. The Labute approximate surface area is 139 Å². The van der Waals surface area contributed by atoms with Crippen LogP contribution in [0.4, 0.5) is 4.79 Å². The zero-order valence-corrected chi connectivity index (χ0v) is 13.2. The predicted octanol–water partition coefficient (Wildman–Crippen LogP) is 2.91. The first kappa shape index (κ1) is 15.7. The molecule has 0 atom stereocenters. The third-order valence-electron chi connectivity index (χ3n) is 3.75. The molecule has 0 saturated carbocycles. The van der Waals surface area contributed by atoms with Gasteiger partial charge >= 0.3 is 6.09 Å². The summed E-state index contributed by atoms with van der Waals surface area (Å²) in [6, 6.07) is 11.4. The highest BCUT2D eigenvalue weighted by atomic mass is 16.5. The highest BCUT2D eigenvalue weighted by Crippen LogP contribution is 2.27. The van der Waals surface area contributed by atoms with Crippen molar-refractivity contribution in [3.05, 3.63) is 66.0 Å². The summed E-state index contributed by atoms with van der Waals surface area (Å²) in [6.07, 6.45) is 4.21. The van der Waals surface area contributed by atoms with Gasteiger partial charge in [-0.2, -0.15) is 0 Å². The average Bonchev–Trinajstić information content (AvgIpc) is 3.09. The van der Waals surface area contributed by atoms with Crippen LogP contribution in [-0.2, 0) is 0 Å². The Bertz CT molecular complexity index is 800. The summed E-state index contributed by atoms with van der Waals surface area (Å²) in [5.74, 6) is 1.17. The van der Waals surface area contributed by atoms with Crippen molar-refractivity contribution in [2.24, 2.45) is 4.99 Å². The van der Waals surface area contributed by atoms with Crippen LogP contribution >= 0.6 is 0 Å². The lowest BCUT2D eigenvalue weighted by Crippen LogP contribution is -2.31. The van der Waals surface area contributed by atoms with Crippen LogP contribution in [0.2, 0.25) is 0 Å². The lowest BCUT2D eigenvalue weighted by Gasteiger charge is -2.14. The number of hydrogen-bond donors (Lipinski definition) is 1. The van der Waals surface area contributed by atoms with E-state index in [0.29, 0.717) is 18.9 Å². The zero-order chi connectivity index (χ0) is 16.9. The van der Waals surface area contributed by atoms with Gasteiger partial charge in [-0.15, -0.1) is 0 Å². The normalized spacial score (nSPS) is 14.5. The van der Waals surface area contributed by atoms with Crippen molar-refractivity contribution in [1.82, 2.24) is 9.88 Å². The molecule has 122 valence electrons. The number of amidine groups is 1. The van der Waals surface area contributed by atoms with Crippen LogP contribution in [0.1, 0.15) is 11.1 Å². The van der Waals surface area contributed by atoms with Crippen LogP contribution in [0.5, 0.6) is 5.75 Å². The number of benzene rings is 1. The first-order chi connectivity index (χ1) is 11.7. The number of amides is 1. The molecule has 0 radical (unpaired) electrons. The Morgan fingerprint density at radius 3 is 2.75 bits per heavy atom. The van der Waals surface area contributed by atoms with E-state index in [9.17, 15) is 9.90 Å². The van der Waals surface area contributed by atoms with Crippen molar-refractivity contribution in [2.75, 3.05) is 20.2 Å². The van der Waals surface area contributed by atoms with E-state index in [1.807, 2.05) is 36.4 Å². The number of rotatable bonds is 4. The van der Waals surface area contributed by atoms with E-state index in [-0.39, 0.29) is 0 Å². The van der Waals surface area contributed by atoms with Gasteiger partial charge in [-0.05, 0) is 47.0 Å². The fourth-order valence-corrected chi connectivity index (χ4v) is 2.57. The number of carbonyl (C=O) groups is 1. The summed E-state index contributed by atoms with van der Waals surface area (Å²) in [7, 11) is 1.61. The fourth-order valence-electron chi connectivity index (χ4n) is 2.57. The average molecular weight is 323 g/mol. The molecule has 0 spiro atoms. The van der Waals surface area contributed by atoms with E-state index in [1.165, 1.54) is 4.90 Å². The Morgan fingerprint density at radius 2 is 2.04 bits per heavy atom. The first-order valence-electron chi connectivity index (χ1n) is 7.50. The maximum absolute atomic E-state index is 11.4. The highest BCUT2D eigenvalue weighted by molar-refractivity contribution is 6.08. The van der Waals surface area contributed by atoms with Gasteiger partial charge in [0, 0.05) is 12.4 Å². The molecule has 0 bridgehead atoms. The highest BCUT2D eigenvalue weighted by Gasteiger charge is 2.22. The summed E-state index contributed by atoms with van der Waals surface area (Å²) >= 11 is 0. The van der Waals surface area contributed by atoms with Crippen LogP contribution in [0.3, 0.4) is 0 Å². The molecule has 0 unspecified atom stereocenters. The molecule has 0 aliphatic carbocycles. The van der Waals surface area contributed by atoms with E-state index in [0.717, 1.165) is 22.4 Å². The molecule has 0 saturated heterocycles. The van der Waals surface area contributed by atoms with Gasteiger partial charge in [-0.3, -0.25) is 14.9 Å². The smallest absolute Gasteiger partial charge is 0.413 e. The number of pyridine rings is 1. The van der Waals surface area contributed by atoms with Crippen LogP contribution in [0.15, 0.2) is 59.9 Å². The SMILES string of the molecule is COc1cccc(/C(=C/C2=NCCN2C(=O)O)c2ccncc2)c1. The maximum Gasteiger partial charge on any atom is 0.413 e. The molecule has 1 N–H and O–H groups in total. The van der Waals surface area contributed by atoms with Crippen molar-refractivity contribution in [3.63, 3.8) is 0 Å². The van der Waals surface area contributed by atoms with Crippen LogP contribution in [0.25, 0.3) is 5.57 Å². The molecule has 3 rings (SSSR count). The molecule has 2 heterocycles. The number of carboxylic acid groups (broad SMARTS) is 1. The Morgan fingerprint density at radius 1 is 1.25 bits per heavy atom. The van der Waals surface area contributed by atoms with Gasteiger partial charge in [0.1, 0.15) is 11.6 Å². The number of nitrogens with zero attached hydrogens (tertiary/aromatic N) is 3. The molecule has 6 heteroatoms. The molecular formula is C18H17N3O3. The zero-order valence-electron chi connectivity index (χ0n) is 13.2. The third-order valence-corrected chi connectivity index (χ3v) is 3.75. The molecule has 6 nitrogen and oxygen atoms in total. The van der Waals surface area contributed by atoms with E-state index >= 15 is 0 Å². The van der Waals surface area contributed by atoms with Crippen LogP contribution < -0.4 is 4.74 Å². The van der Waals surface area contributed by atoms with Gasteiger partial charge in [-0.1, -0.05) is 12.1 Å². The fraction of sp³-hybridized carbons (Fsp3) is 0.167. The second-order valence-corrected chi connectivity index (χ2v) is 5.20. The summed E-state index contributed by atoms with van der Waals surface area (Å²) < 4.78 is 5.30. The van der Waals surface area contributed by atoms with E-state index in [4.69, 9.17) is 4.74 Å². The van der Waals surface area contributed by atoms with Crippen LogP contribution in [-0.4, -0.2) is 47.1 Å². The number of ether oxygens (including phenoxy) is 1. The number of hydrogen-bond acceptors (Lipinski definition) is 4. The molecule has 1 aliphatic heterocycles. The molecule has 2 aromatic rings. The molecule has 1 aromatic carbocycles. The van der Waals surface area contributed by atoms with E-state index in [1.54, 1.807) is 25.6 Å². The monoisotopic (exact) mass is 323 g/mol. The summed E-state index contributed by atoms with van der Waals surface area (Å²) in [4.78, 5) is 21.0. The van der Waals surface area contributed by atoms with E-state index in [2.05, 4.69) is 9.98 Å². The molecule has 1 aromatic heterocycles.